The predicted molar refractivity (Wildman–Crippen MR) is 132 cm³/mol. The van der Waals surface area contributed by atoms with Gasteiger partial charge in [0.05, 0.1) is 5.92 Å². The maximum Gasteiger partial charge on any atom is 0.309 e. The maximum absolute atomic E-state index is 12.9. The van der Waals surface area contributed by atoms with Crippen molar-refractivity contribution in [2.45, 2.75) is 45.7 Å². The summed E-state index contributed by atoms with van der Waals surface area (Å²) < 4.78 is 5.41. The van der Waals surface area contributed by atoms with E-state index < -0.39 is 5.54 Å². The van der Waals surface area contributed by atoms with Gasteiger partial charge in [-0.3, -0.25) is 14.4 Å². The van der Waals surface area contributed by atoms with Gasteiger partial charge >= 0.3 is 5.97 Å². The molecule has 0 atom stereocenters. The zero-order valence-electron chi connectivity index (χ0n) is 20.3. The van der Waals surface area contributed by atoms with Crippen LogP contribution < -0.4 is 0 Å². The molecule has 2 aromatic rings. The van der Waals surface area contributed by atoms with E-state index in [-0.39, 0.29) is 30.3 Å². The van der Waals surface area contributed by atoms with Gasteiger partial charge in [-0.15, -0.1) is 0 Å². The van der Waals surface area contributed by atoms with Gasteiger partial charge < -0.3 is 14.5 Å². The second-order valence-corrected chi connectivity index (χ2v) is 9.59. The second-order valence-electron chi connectivity index (χ2n) is 9.59. The van der Waals surface area contributed by atoms with Crippen LogP contribution in [0.2, 0.25) is 0 Å². The fourth-order valence-electron chi connectivity index (χ4n) is 3.97. The Kier molecular flexibility index (Phi) is 8.63. The lowest BCUT2D eigenvalue weighted by Crippen LogP contribution is -2.47. The first kappa shape index (κ1) is 25.2. The minimum atomic E-state index is -0.404. The molecule has 2 amide bonds. The number of hydrogen-bond donors (Lipinski definition) is 0. The van der Waals surface area contributed by atoms with Crippen LogP contribution >= 0.6 is 0 Å². The number of benzene rings is 2. The molecule has 2 aromatic carbocycles. The number of hydrogen-bond acceptors (Lipinski definition) is 4. The van der Waals surface area contributed by atoms with E-state index in [0.717, 1.165) is 11.1 Å². The number of esters is 1. The smallest absolute Gasteiger partial charge is 0.309 e. The molecule has 0 aromatic heterocycles. The van der Waals surface area contributed by atoms with E-state index in [1.54, 1.807) is 22.0 Å². The minimum Gasteiger partial charge on any atom is -0.455 e. The summed E-state index contributed by atoms with van der Waals surface area (Å²) in [6.07, 6.45) is 4.43. The van der Waals surface area contributed by atoms with Gasteiger partial charge in [-0.25, -0.2) is 0 Å². The van der Waals surface area contributed by atoms with Crippen molar-refractivity contribution in [2.24, 2.45) is 5.92 Å². The number of nitrogens with zero attached hydrogens (tertiary/aromatic N) is 2. The largest absolute Gasteiger partial charge is 0.455 e. The van der Waals surface area contributed by atoms with Crippen LogP contribution in [0.25, 0.3) is 6.08 Å². The van der Waals surface area contributed by atoms with Crippen LogP contribution in [0.1, 0.15) is 44.7 Å². The van der Waals surface area contributed by atoms with Gasteiger partial charge in [-0.05, 0) is 50.8 Å². The number of likely N-dealkylation sites (tertiary alicyclic amines) is 1. The van der Waals surface area contributed by atoms with Crippen LogP contribution in [0.4, 0.5) is 0 Å². The van der Waals surface area contributed by atoms with Crippen LogP contribution in [0.15, 0.2) is 66.7 Å². The third-order valence-electron chi connectivity index (χ3n) is 5.99. The molecule has 6 nitrogen and oxygen atoms in total. The standard InChI is InChI=1S/C28H34N2O4/c1-28(2,3)30(20-23-12-8-5-9-13-23)26(32)21-34-27(33)24-16-18-29(19-17-24)25(31)15-14-22-10-6-4-7-11-22/h4-15,24H,16-21H2,1-3H3/b15-14+. The molecule has 6 heteroatoms. The van der Waals surface area contributed by atoms with Crippen molar-refractivity contribution < 1.29 is 19.1 Å². The molecule has 0 unspecified atom stereocenters. The normalized spacial score (nSPS) is 14.7. The SMILES string of the molecule is CC(C)(C)N(Cc1ccccc1)C(=O)COC(=O)C1CCN(C(=O)/C=C/c2ccccc2)CC1. The summed E-state index contributed by atoms with van der Waals surface area (Å²) >= 11 is 0. The monoisotopic (exact) mass is 462 g/mol. The molecule has 0 bridgehead atoms. The number of amides is 2. The van der Waals surface area contributed by atoms with Crippen molar-refractivity contribution in [1.29, 1.82) is 0 Å². The van der Waals surface area contributed by atoms with Crippen LogP contribution in [0.5, 0.6) is 0 Å². The molecular formula is C28H34N2O4. The number of rotatable bonds is 7. The molecule has 1 aliphatic heterocycles. The van der Waals surface area contributed by atoms with Crippen molar-refractivity contribution in [3.63, 3.8) is 0 Å². The fourth-order valence-corrected chi connectivity index (χ4v) is 3.97. The Hall–Kier alpha value is -3.41. The van der Waals surface area contributed by atoms with E-state index in [1.165, 1.54) is 0 Å². The van der Waals surface area contributed by atoms with Gasteiger partial charge in [0, 0.05) is 31.2 Å². The Balaban J connectivity index is 1.47. The van der Waals surface area contributed by atoms with Crippen LogP contribution in [-0.2, 0) is 25.7 Å². The van der Waals surface area contributed by atoms with Crippen LogP contribution in [0, 0.1) is 5.92 Å². The zero-order chi connectivity index (χ0) is 24.6. The summed E-state index contributed by atoms with van der Waals surface area (Å²) in [5, 5.41) is 0. The summed E-state index contributed by atoms with van der Waals surface area (Å²) in [5.41, 5.74) is 1.59. The molecule has 180 valence electrons. The lowest BCUT2D eigenvalue weighted by atomic mass is 9.97. The summed E-state index contributed by atoms with van der Waals surface area (Å²) in [5.74, 6) is -0.947. The van der Waals surface area contributed by atoms with E-state index >= 15 is 0 Å². The highest BCUT2D eigenvalue weighted by Crippen LogP contribution is 2.21. The third-order valence-corrected chi connectivity index (χ3v) is 5.99. The molecule has 0 radical (unpaired) electrons. The second kappa shape index (κ2) is 11.6. The maximum atomic E-state index is 12.9. The quantitative estimate of drug-likeness (QED) is 0.454. The van der Waals surface area contributed by atoms with E-state index in [2.05, 4.69) is 0 Å². The van der Waals surface area contributed by atoms with Gasteiger partial charge in [0.15, 0.2) is 6.61 Å². The Bertz CT molecular complexity index is 988. The number of piperidine rings is 1. The van der Waals surface area contributed by atoms with Gasteiger partial charge in [-0.2, -0.15) is 0 Å². The summed E-state index contributed by atoms with van der Waals surface area (Å²) in [7, 11) is 0. The Morgan fingerprint density at radius 2 is 1.56 bits per heavy atom. The van der Waals surface area contributed by atoms with Gasteiger partial charge in [-0.1, -0.05) is 60.7 Å². The Morgan fingerprint density at radius 1 is 0.971 bits per heavy atom. The molecule has 0 aliphatic carbocycles. The van der Waals surface area contributed by atoms with Gasteiger partial charge in [0.25, 0.3) is 5.91 Å². The molecule has 1 aliphatic rings. The topological polar surface area (TPSA) is 66.9 Å². The zero-order valence-corrected chi connectivity index (χ0v) is 20.3. The Labute approximate surface area is 202 Å². The Morgan fingerprint density at radius 3 is 2.15 bits per heavy atom. The number of carbonyl (C=O) groups excluding carboxylic acids is 3. The molecule has 1 saturated heterocycles. The van der Waals surface area contributed by atoms with Crippen LogP contribution in [0.3, 0.4) is 0 Å². The first-order valence-electron chi connectivity index (χ1n) is 11.8. The molecular weight excluding hydrogens is 428 g/mol. The van der Waals surface area contributed by atoms with Crippen LogP contribution in [-0.4, -0.2) is 52.8 Å². The van der Waals surface area contributed by atoms with E-state index in [0.29, 0.717) is 32.5 Å². The van der Waals surface area contributed by atoms with Crippen molar-refractivity contribution in [1.82, 2.24) is 9.80 Å². The van der Waals surface area contributed by atoms with Crippen molar-refractivity contribution in [2.75, 3.05) is 19.7 Å². The average Bonchev–Trinajstić information content (AvgIpc) is 2.85. The summed E-state index contributed by atoms with van der Waals surface area (Å²) in [6, 6.07) is 19.4. The molecule has 1 heterocycles. The van der Waals surface area contributed by atoms with Crippen molar-refractivity contribution in [3.8, 4) is 0 Å². The molecule has 0 saturated carbocycles. The van der Waals surface area contributed by atoms with Crippen molar-refractivity contribution >= 4 is 23.9 Å². The first-order valence-corrected chi connectivity index (χ1v) is 11.8. The minimum absolute atomic E-state index is 0.0624. The lowest BCUT2D eigenvalue weighted by Gasteiger charge is -2.36. The third kappa shape index (κ3) is 7.30. The molecule has 1 fully saturated rings. The van der Waals surface area contributed by atoms with E-state index in [4.69, 9.17) is 4.74 Å². The fraction of sp³-hybridized carbons (Fsp3) is 0.393. The first-order chi connectivity index (χ1) is 16.2. The highest BCUT2D eigenvalue weighted by molar-refractivity contribution is 5.92. The van der Waals surface area contributed by atoms with E-state index in [1.807, 2.05) is 81.4 Å². The average molecular weight is 463 g/mol. The summed E-state index contributed by atoms with van der Waals surface area (Å²) in [6.45, 7) is 7.07. The highest BCUT2D eigenvalue weighted by atomic mass is 16.5. The predicted octanol–water partition coefficient (Wildman–Crippen LogP) is 4.31. The number of carbonyl (C=O) groups is 3. The van der Waals surface area contributed by atoms with Gasteiger partial charge in [0.1, 0.15) is 0 Å². The molecule has 34 heavy (non-hydrogen) atoms. The van der Waals surface area contributed by atoms with Gasteiger partial charge in [0.2, 0.25) is 5.91 Å². The molecule has 3 rings (SSSR count). The van der Waals surface area contributed by atoms with Crippen molar-refractivity contribution in [3.05, 3.63) is 77.9 Å². The molecule has 0 spiro atoms. The number of ether oxygens (including phenoxy) is 1. The lowest BCUT2D eigenvalue weighted by molar-refractivity contribution is -0.159. The highest BCUT2D eigenvalue weighted by Gasteiger charge is 2.30. The summed E-state index contributed by atoms with van der Waals surface area (Å²) in [4.78, 5) is 41.4. The van der Waals surface area contributed by atoms with E-state index in [9.17, 15) is 14.4 Å². The molecule has 0 N–H and O–H groups in total.